The molecule has 6 nitrogen and oxygen atoms in total. The Kier molecular flexibility index (Phi) is 6.60. The number of carbonyl (C=O) groups excluding carboxylic acids is 1. The topological polar surface area (TPSA) is 75.7 Å². The maximum Gasteiger partial charge on any atom is 0.274 e. The number of sulfonamides is 1. The summed E-state index contributed by atoms with van der Waals surface area (Å²) in [7, 11) is -3.59. The molecule has 2 aromatic rings. The van der Waals surface area contributed by atoms with Gasteiger partial charge in [-0.05, 0) is 36.6 Å². The maximum atomic E-state index is 12.9. The van der Waals surface area contributed by atoms with Crippen LogP contribution in [-0.4, -0.2) is 31.7 Å². The second-order valence-electron chi connectivity index (χ2n) is 6.55. The van der Waals surface area contributed by atoms with E-state index in [1.54, 1.807) is 12.1 Å². The van der Waals surface area contributed by atoms with Gasteiger partial charge in [0.25, 0.3) is 5.91 Å². The zero-order chi connectivity index (χ0) is 19.1. The van der Waals surface area contributed by atoms with E-state index in [2.05, 4.69) is 5.48 Å². The average molecular weight is 388 g/mol. The van der Waals surface area contributed by atoms with E-state index in [1.807, 2.05) is 30.3 Å². The van der Waals surface area contributed by atoms with E-state index in [0.717, 1.165) is 31.2 Å². The van der Waals surface area contributed by atoms with Crippen molar-refractivity contribution in [2.45, 2.75) is 37.2 Å². The van der Waals surface area contributed by atoms with Gasteiger partial charge in [-0.1, -0.05) is 49.2 Å². The van der Waals surface area contributed by atoms with Crippen molar-refractivity contribution in [3.05, 3.63) is 65.7 Å². The van der Waals surface area contributed by atoms with Gasteiger partial charge >= 0.3 is 0 Å². The zero-order valence-corrected chi connectivity index (χ0v) is 16.0. The molecule has 0 unspecified atom stereocenters. The molecule has 0 atom stereocenters. The van der Waals surface area contributed by atoms with Crippen LogP contribution in [0.1, 0.15) is 41.6 Å². The van der Waals surface area contributed by atoms with Crippen molar-refractivity contribution >= 4 is 15.9 Å². The number of hydrogen-bond acceptors (Lipinski definition) is 4. The second kappa shape index (κ2) is 9.12. The van der Waals surface area contributed by atoms with E-state index < -0.39 is 15.9 Å². The molecule has 1 saturated heterocycles. The van der Waals surface area contributed by atoms with Gasteiger partial charge < -0.3 is 0 Å². The minimum absolute atomic E-state index is 0.139. The van der Waals surface area contributed by atoms with Crippen LogP contribution in [0, 0.1) is 0 Å². The lowest BCUT2D eigenvalue weighted by molar-refractivity contribution is 0.0233. The number of hydrogen-bond donors (Lipinski definition) is 1. The van der Waals surface area contributed by atoms with E-state index in [1.165, 1.54) is 16.4 Å². The van der Waals surface area contributed by atoms with E-state index in [9.17, 15) is 13.2 Å². The molecule has 1 aliphatic heterocycles. The normalized spacial score (nSPS) is 15.9. The van der Waals surface area contributed by atoms with Crippen LogP contribution in [0.2, 0.25) is 0 Å². The Balaban J connectivity index is 1.66. The number of rotatable bonds is 6. The molecule has 144 valence electrons. The second-order valence-corrected chi connectivity index (χ2v) is 8.49. The largest absolute Gasteiger partial charge is 0.274 e. The molecule has 0 radical (unpaired) electrons. The van der Waals surface area contributed by atoms with Crippen molar-refractivity contribution in [3.8, 4) is 0 Å². The van der Waals surface area contributed by atoms with Crippen molar-refractivity contribution in [2.75, 3.05) is 13.1 Å². The first-order valence-electron chi connectivity index (χ1n) is 9.14. The van der Waals surface area contributed by atoms with Gasteiger partial charge in [0.15, 0.2) is 0 Å². The smallest absolute Gasteiger partial charge is 0.269 e. The molecule has 7 heteroatoms. The molecule has 0 saturated carbocycles. The van der Waals surface area contributed by atoms with Gasteiger partial charge in [-0.2, -0.15) is 4.31 Å². The van der Waals surface area contributed by atoms with Gasteiger partial charge in [-0.15, -0.1) is 0 Å². The Morgan fingerprint density at radius 2 is 1.67 bits per heavy atom. The van der Waals surface area contributed by atoms with Crippen LogP contribution in [0.5, 0.6) is 0 Å². The number of carbonyl (C=O) groups is 1. The maximum absolute atomic E-state index is 12.9. The van der Waals surface area contributed by atoms with Crippen LogP contribution in [0.15, 0.2) is 59.5 Å². The fourth-order valence-electron chi connectivity index (χ4n) is 3.05. The number of nitrogens with one attached hydrogen (secondary N) is 1. The first kappa shape index (κ1) is 19.5. The summed E-state index contributed by atoms with van der Waals surface area (Å²) in [6.07, 6.45) is 3.83. The fourth-order valence-corrected chi connectivity index (χ4v) is 4.61. The third-order valence-corrected chi connectivity index (χ3v) is 6.44. The minimum atomic E-state index is -3.59. The molecule has 1 aliphatic rings. The quantitative estimate of drug-likeness (QED) is 0.772. The predicted octanol–water partition coefficient (Wildman–Crippen LogP) is 3.11. The van der Waals surface area contributed by atoms with Crippen molar-refractivity contribution in [1.29, 1.82) is 0 Å². The van der Waals surface area contributed by atoms with Crippen LogP contribution in [0.3, 0.4) is 0 Å². The lowest BCUT2D eigenvalue weighted by Gasteiger charge is -2.20. The Labute approximate surface area is 160 Å². The Bertz CT molecular complexity index is 861. The fraction of sp³-hybridized carbons (Fsp3) is 0.350. The zero-order valence-electron chi connectivity index (χ0n) is 15.1. The molecule has 1 N–H and O–H groups in total. The summed E-state index contributed by atoms with van der Waals surface area (Å²) >= 11 is 0. The standard InChI is InChI=1S/C20H24N2O4S/c23-20(21-26-16-17-9-4-3-5-10-17)18-11-8-12-19(15-18)27(24,25)22-13-6-1-2-7-14-22/h3-5,8-12,15H,1-2,6-7,13-14,16H2,(H,21,23). The molecule has 3 rings (SSSR count). The highest BCUT2D eigenvalue weighted by Crippen LogP contribution is 2.21. The van der Waals surface area contributed by atoms with Gasteiger partial charge in [-0.25, -0.2) is 13.9 Å². The summed E-state index contributed by atoms with van der Waals surface area (Å²) in [5, 5.41) is 0. The summed E-state index contributed by atoms with van der Waals surface area (Å²) in [5.41, 5.74) is 3.54. The van der Waals surface area contributed by atoms with Crippen LogP contribution in [0.4, 0.5) is 0 Å². The predicted molar refractivity (Wildman–Crippen MR) is 102 cm³/mol. The Hall–Kier alpha value is -2.22. The molecular weight excluding hydrogens is 364 g/mol. The summed E-state index contributed by atoms with van der Waals surface area (Å²) < 4.78 is 27.3. The van der Waals surface area contributed by atoms with Crippen LogP contribution in [0.25, 0.3) is 0 Å². The van der Waals surface area contributed by atoms with E-state index >= 15 is 0 Å². The third-order valence-electron chi connectivity index (χ3n) is 4.55. The van der Waals surface area contributed by atoms with Gasteiger partial charge in [0.1, 0.15) is 0 Å². The molecule has 2 aromatic carbocycles. The van der Waals surface area contributed by atoms with Crippen molar-refractivity contribution in [1.82, 2.24) is 9.79 Å². The van der Waals surface area contributed by atoms with Crippen LogP contribution >= 0.6 is 0 Å². The summed E-state index contributed by atoms with van der Waals surface area (Å²) in [6.45, 7) is 1.29. The van der Waals surface area contributed by atoms with Crippen LogP contribution < -0.4 is 5.48 Å². The molecule has 1 amide bonds. The number of hydroxylamine groups is 1. The number of amides is 1. The van der Waals surface area contributed by atoms with E-state index in [-0.39, 0.29) is 17.1 Å². The highest BCUT2D eigenvalue weighted by atomic mass is 32.2. The molecule has 0 bridgehead atoms. The molecule has 1 fully saturated rings. The SMILES string of the molecule is O=C(NOCc1ccccc1)c1cccc(S(=O)(=O)N2CCCCCC2)c1. The molecular formula is C20H24N2O4S. The molecule has 0 spiro atoms. The Morgan fingerprint density at radius 3 is 2.37 bits per heavy atom. The first-order valence-corrected chi connectivity index (χ1v) is 10.6. The average Bonchev–Trinajstić information content (AvgIpc) is 2.99. The van der Waals surface area contributed by atoms with E-state index in [4.69, 9.17) is 4.84 Å². The molecule has 27 heavy (non-hydrogen) atoms. The van der Waals surface area contributed by atoms with Gasteiger partial charge in [0.2, 0.25) is 10.0 Å². The highest BCUT2D eigenvalue weighted by Gasteiger charge is 2.25. The highest BCUT2D eigenvalue weighted by molar-refractivity contribution is 7.89. The minimum Gasteiger partial charge on any atom is -0.269 e. The van der Waals surface area contributed by atoms with Crippen molar-refractivity contribution < 1.29 is 18.0 Å². The molecule has 1 heterocycles. The Morgan fingerprint density at radius 1 is 0.963 bits per heavy atom. The van der Waals surface area contributed by atoms with E-state index in [0.29, 0.717) is 13.1 Å². The lowest BCUT2D eigenvalue weighted by Crippen LogP contribution is -2.32. The van der Waals surface area contributed by atoms with Crippen LogP contribution in [-0.2, 0) is 21.5 Å². The molecule has 0 aromatic heterocycles. The summed E-state index contributed by atoms with van der Waals surface area (Å²) in [4.78, 5) is 17.7. The summed E-state index contributed by atoms with van der Waals surface area (Å²) in [6, 6.07) is 15.5. The monoisotopic (exact) mass is 388 g/mol. The van der Waals surface area contributed by atoms with Gasteiger partial charge in [0.05, 0.1) is 11.5 Å². The number of benzene rings is 2. The lowest BCUT2D eigenvalue weighted by atomic mass is 10.2. The van der Waals surface area contributed by atoms with Crippen molar-refractivity contribution in [2.24, 2.45) is 0 Å². The first-order chi connectivity index (χ1) is 13.1. The third kappa shape index (κ3) is 5.15. The van der Waals surface area contributed by atoms with Gasteiger partial charge in [0, 0.05) is 18.7 Å². The summed E-state index contributed by atoms with van der Waals surface area (Å²) in [5.74, 6) is -0.473. The number of nitrogens with zero attached hydrogens (tertiary/aromatic N) is 1. The molecule has 0 aliphatic carbocycles. The van der Waals surface area contributed by atoms with Gasteiger partial charge in [-0.3, -0.25) is 9.63 Å². The van der Waals surface area contributed by atoms with Crippen molar-refractivity contribution in [3.63, 3.8) is 0 Å².